The Morgan fingerprint density at radius 2 is 2.32 bits per heavy atom. The number of nitrogens with zero attached hydrogens (tertiary/aromatic N) is 1. The maximum Gasteiger partial charge on any atom is 0.293 e. The van der Waals surface area contributed by atoms with Crippen LogP contribution in [-0.2, 0) is 0 Å². The van der Waals surface area contributed by atoms with Crippen molar-refractivity contribution in [2.24, 2.45) is 0 Å². The van der Waals surface area contributed by atoms with E-state index in [0.29, 0.717) is 10.7 Å². The molecule has 0 aliphatic heterocycles. The van der Waals surface area contributed by atoms with Crippen LogP contribution < -0.4 is 5.32 Å². The minimum Gasteiger partial charge on any atom is -0.450 e. The highest BCUT2D eigenvalue weighted by Crippen LogP contribution is 2.27. The van der Waals surface area contributed by atoms with Crippen molar-refractivity contribution in [2.75, 3.05) is 5.32 Å². The number of amides is 1. The van der Waals surface area contributed by atoms with E-state index in [1.807, 2.05) is 25.1 Å². The fraction of sp³-hybridized carbons (Fsp3) is 0.0769. The third-order valence-electron chi connectivity index (χ3n) is 2.56. The summed E-state index contributed by atoms with van der Waals surface area (Å²) in [7, 11) is 0. The summed E-state index contributed by atoms with van der Waals surface area (Å²) in [6.45, 7) is 1.94. The number of aryl methyl sites for hydroxylation is 1. The lowest BCUT2D eigenvalue weighted by Gasteiger charge is -1.96. The molecule has 0 saturated heterocycles. The van der Waals surface area contributed by atoms with Gasteiger partial charge in [0.05, 0.1) is 4.47 Å². The second-order valence-electron chi connectivity index (χ2n) is 4.00. The standard InChI is InChI=1S/C13H9BrN2O2S/c1-7-6-15-13(19-7)16-12(17)10-5-8-3-2-4-9(14)11(8)18-10/h2-6H,1H3,(H,15,16,17). The van der Waals surface area contributed by atoms with E-state index in [-0.39, 0.29) is 11.7 Å². The lowest BCUT2D eigenvalue weighted by molar-refractivity contribution is 0.0998. The van der Waals surface area contributed by atoms with Gasteiger partial charge in [-0.05, 0) is 35.0 Å². The molecule has 3 rings (SSSR count). The van der Waals surface area contributed by atoms with Crippen LogP contribution in [0.1, 0.15) is 15.4 Å². The number of carbonyl (C=O) groups excluding carboxylic acids is 1. The second kappa shape index (κ2) is 4.79. The van der Waals surface area contributed by atoms with Crippen molar-refractivity contribution in [3.63, 3.8) is 0 Å². The summed E-state index contributed by atoms with van der Waals surface area (Å²) in [5, 5.41) is 4.17. The molecule has 0 spiro atoms. The van der Waals surface area contributed by atoms with Gasteiger partial charge in [0.1, 0.15) is 5.58 Å². The van der Waals surface area contributed by atoms with Gasteiger partial charge in [-0.3, -0.25) is 10.1 Å². The zero-order valence-corrected chi connectivity index (χ0v) is 12.3. The van der Waals surface area contributed by atoms with Crippen molar-refractivity contribution >= 4 is 49.3 Å². The molecule has 0 fully saturated rings. The van der Waals surface area contributed by atoms with Gasteiger partial charge in [-0.25, -0.2) is 4.98 Å². The van der Waals surface area contributed by atoms with Crippen LogP contribution in [0.2, 0.25) is 0 Å². The van der Waals surface area contributed by atoms with E-state index < -0.39 is 0 Å². The first-order valence-electron chi connectivity index (χ1n) is 5.55. The minimum atomic E-state index is -0.294. The molecule has 96 valence electrons. The summed E-state index contributed by atoms with van der Waals surface area (Å²) in [5.74, 6) is -0.0211. The highest BCUT2D eigenvalue weighted by molar-refractivity contribution is 9.10. The summed E-state index contributed by atoms with van der Waals surface area (Å²) in [4.78, 5) is 17.2. The van der Waals surface area contributed by atoms with Crippen LogP contribution >= 0.6 is 27.3 Å². The Morgan fingerprint density at radius 1 is 1.47 bits per heavy atom. The average Bonchev–Trinajstić information content (AvgIpc) is 2.96. The molecule has 19 heavy (non-hydrogen) atoms. The number of hydrogen-bond acceptors (Lipinski definition) is 4. The highest BCUT2D eigenvalue weighted by atomic mass is 79.9. The number of anilines is 1. The van der Waals surface area contributed by atoms with E-state index in [0.717, 1.165) is 14.7 Å². The Morgan fingerprint density at radius 3 is 3.00 bits per heavy atom. The number of hydrogen-bond donors (Lipinski definition) is 1. The van der Waals surface area contributed by atoms with E-state index in [4.69, 9.17) is 4.42 Å². The molecule has 1 amide bonds. The Kier molecular flexibility index (Phi) is 3.12. The molecule has 0 bridgehead atoms. The van der Waals surface area contributed by atoms with E-state index in [1.54, 1.807) is 12.3 Å². The lowest BCUT2D eigenvalue weighted by atomic mass is 10.2. The molecule has 2 aromatic heterocycles. The number of para-hydroxylation sites is 1. The summed E-state index contributed by atoms with van der Waals surface area (Å²) >= 11 is 4.82. The fourth-order valence-corrected chi connectivity index (χ4v) is 2.83. The van der Waals surface area contributed by atoms with Crippen LogP contribution in [0.5, 0.6) is 0 Å². The van der Waals surface area contributed by atoms with Gasteiger partial charge in [0.15, 0.2) is 10.9 Å². The molecule has 0 saturated carbocycles. The highest BCUT2D eigenvalue weighted by Gasteiger charge is 2.14. The van der Waals surface area contributed by atoms with Crippen molar-refractivity contribution < 1.29 is 9.21 Å². The van der Waals surface area contributed by atoms with Gasteiger partial charge in [-0.2, -0.15) is 0 Å². The predicted molar refractivity (Wildman–Crippen MR) is 78.7 cm³/mol. The van der Waals surface area contributed by atoms with E-state index in [1.165, 1.54) is 11.3 Å². The van der Waals surface area contributed by atoms with E-state index >= 15 is 0 Å². The Bertz CT molecular complexity index is 763. The van der Waals surface area contributed by atoms with Crippen LogP contribution in [-0.4, -0.2) is 10.9 Å². The number of thiazole rings is 1. The zero-order chi connectivity index (χ0) is 13.4. The Hall–Kier alpha value is -1.66. The quantitative estimate of drug-likeness (QED) is 0.762. The van der Waals surface area contributed by atoms with Gasteiger partial charge in [0.25, 0.3) is 5.91 Å². The largest absolute Gasteiger partial charge is 0.450 e. The minimum absolute atomic E-state index is 0.273. The fourth-order valence-electron chi connectivity index (χ4n) is 1.71. The molecular weight excluding hydrogens is 328 g/mol. The second-order valence-corrected chi connectivity index (χ2v) is 6.09. The average molecular weight is 337 g/mol. The van der Waals surface area contributed by atoms with Gasteiger partial charge in [-0.15, -0.1) is 11.3 Å². The van der Waals surface area contributed by atoms with Crippen molar-refractivity contribution in [1.29, 1.82) is 0 Å². The predicted octanol–water partition coefficient (Wildman–Crippen LogP) is 4.21. The van der Waals surface area contributed by atoms with Crippen LogP contribution in [0, 0.1) is 6.92 Å². The number of fused-ring (bicyclic) bond motifs is 1. The Labute approximate surface area is 121 Å². The van der Waals surface area contributed by atoms with Crippen LogP contribution in [0.25, 0.3) is 11.0 Å². The van der Waals surface area contributed by atoms with Crippen molar-refractivity contribution in [1.82, 2.24) is 4.98 Å². The summed E-state index contributed by atoms with van der Waals surface area (Å²) in [6, 6.07) is 7.38. The van der Waals surface area contributed by atoms with Gasteiger partial charge in [0, 0.05) is 16.5 Å². The SMILES string of the molecule is Cc1cnc(NC(=O)c2cc3cccc(Br)c3o2)s1. The molecular formula is C13H9BrN2O2S. The zero-order valence-electron chi connectivity index (χ0n) is 9.94. The third kappa shape index (κ3) is 2.41. The number of aromatic nitrogens is 1. The number of benzene rings is 1. The van der Waals surface area contributed by atoms with Gasteiger partial charge in [0.2, 0.25) is 0 Å². The number of nitrogens with one attached hydrogen (secondary N) is 1. The molecule has 4 nitrogen and oxygen atoms in total. The van der Waals surface area contributed by atoms with E-state index in [2.05, 4.69) is 26.2 Å². The van der Waals surface area contributed by atoms with Crippen LogP contribution in [0.15, 0.2) is 39.4 Å². The first-order chi connectivity index (χ1) is 9.13. The molecule has 0 unspecified atom stereocenters. The lowest BCUT2D eigenvalue weighted by Crippen LogP contribution is -2.10. The number of carbonyl (C=O) groups is 1. The molecule has 6 heteroatoms. The first-order valence-corrected chi connectivity index (χ1v) is 7.16. The smallest absolute Gasteiger partial charge is 0.293 e. The maximum atomic E-state index is 12.1. The molecule has 1 aromatic carbocycles. The van der Waals surface area contributed by atoms with Crippen LogP contribution in [0.3, 0.4) is 0 Å². The Balaban J connectivity index is 1.91. The number of rotatable bonds is 2. The topological polar surface area (TPSA) is 55.1 Å². The van der Waals surface area contributed by atoms with Crippen molar-refractivity contribution in [2.45, 2.75) is 6.92 Å². The molecule has 0 aliphatic rings. The van der Waals surface area contributed by atoms with Crippen molar-refractivity contribution in [3.05, 3.63) is 45.6 Å². The van der Waals surface area contributed by atoms with Gasteiger partial charge < -0.3 is 4.42 Å². The normalized spacial score (nSPS) is 10.8. The molecule has 1 N–H and O–H groups in total. The molecule has 0 aliphatic carbocycles. The maximum absolute atomic E-state index is 12.1. The molecule has 2 heterocycles. The number of halogens is 1. The van der Waals surface area contributed by atoms with Crippen molar-refractivity contribution in [3.8, 4) is 0 Å². The third-order valence-corrected chi connectivity index (χ3v) is 4.01. The molecule has 3 aromatic rings. The summed E-state index contributed by atoms with van der Waals surface area (Å²) in [5.41, 5.74) is 0.669. The van der Waals surface area contributed by atoms with Gasteiger partial charge in [-0.1, -0.05) is 12.1 Å². The van der Waals surface area contributed by atoms with Crippen LogP contribution in [0.4, 0.5) is 5.13 Å². The molecule has 0 radical (unpaired) electrons. The molecule has 0 atom stereocenters. The number of furan rings is 1. The van der Waals surface area contributed by atoms with Gasteiger partial charge >= 0.3 is 0 Å². The summed E-state index contributed by atoms with van der Waals surface area (Å²) < 4.78 is 6.39. The van der Waals surface area contributed by atoms with E-state index in [9.17, 15) is 4.79 Å². The summed E-state index contributed by atoms with van der Waals surface area (Å²) in [6.07, 6.45) is 1.72. The first kappa shape index (κ1) is 12.4. The monoisotopic (exact) mass is 336 g/mol.